The topological polar surface area (TPSA) is 0 Å². The van der Waals surface area contributed by atoms with Crippen LogP contribution in [0.15, 0.2) is 61.2 Å². The highest BCUT2D eigenvalue weighted by molar-refractivity contribution is 6.70. The van der Waals surface area contributed by atoms with Crippen molar-refractivity contribution in [1.29, 1.82) is 0 Å². The highest BCUT2D eigenvalue weighted by Gasteiger charge is 2.03. The minimum absolute atomic E-state index is 0.684. The third-order valence-electron chi connectivity index (χ3n) is 3.05. The largest absolute Gasteiger partial charge is 0.0906 e. The molecule has 0 unspecified atom stereocenters. The van der Waals surface area contributed by atoms with Crippen LogP contribution in [0.4, 0.5) is 0 Å². The normalized spacial score (nSPS) is 10.5. The molecule has 2 rings (SSSR count). The van der Waals surface area contributed by atoms with E-state index in [-0.39, 0.29) is 0 Å². The SMILES string of the molecule is C=C(c1ccccc1)c1ccc([SiH](C)C)cc1. The zero-order valence-electron chi connectivity index (χ0n) is 10.5. The van der Waals surface area contributed by atoms with Gasteiger partial charge < -0.3 is 0 Å². The molecule has 0 saturated heterocycles. The molecule has 0 heterocycles. The van der Waals surface area contributed by atoms with Crippen LogP contribution in [0.5, 0.6) is 0 Å². The molecule has 0 aromatic heterocycles. The molecular formula is C16H18Si. The van der Waals surface area contributed by atoms with E-state index in [1.165, 1.54) is 16.3 Å². The molecule has 1 heteroatoms. The third kappa shape index (κ3) is 2.74. The van der Waals surface area contributed by atoms with Crippen molar-refractivity contribution in [2.45, 2.75) is 13.1 Å². The van der Waals surface area contributed by atoms with E-state index in [9.17, 15) is 0 Å². The molecule has 86 valence electrons. The number of hydrogen-bond acceptors (Lipinski definition) is 0. The molecule has 0 aliphatic rings. The molecule has 0 aliphatic carbocycles. The monoisotopic (exact) mass is 238 g/mol. The summed E-state index contributed by atoms with van der Waals surface area (Å²) in [5.74, 6) is 0. The zero-order chi connectivity index (χ0) is 12.3. The Kier molecular flexibility index (Phi) is 3.60. The number of hydrogen-bond donors (Lipinski definition) is 0. The lowest BCUT2D eigenvalue weighted by Gasteiger charge is -2.08. The summed E-state index contributed by atoms with van der Waals surface area (Å²) >= 11 is 0. The molecule has 0 saturated carbocycles. The van der Waals surface area contributed by atoms with Crippen LogP contribution in [-0.4, -0.2) is 8.80 Å². The van der Waals surface area contributed by atoms with Crippen molar-refractivity contribution in [3.63, 3.8) is 0 Å². The van der Waals surface area contributed by atoms with Crippen molar-refractivity contribution in [3.8, 4) is 0 Å². The van der Waals surface area contributed by atoms with Crippen molar-refractivity contribution < 1.29 is 0 Å². The summed E-state index contributed by atoms with van der Waals surface area (Å²) in [6.07, 6.45) is 0. The van der Waals surface area contributed by atoms with Crippen LogP contribution in [0, 0.1) is 0 Å². The lowest BCUT2D eigenvalue weighted by atomic mass is 10.00. The first-order valence-corrected chi connectivity index (χ1v) is 8.92. The van der Waals surface area contributed by atoms with E-state index < -0.39 is 8.80 Å². The van der Waals surface area contributed by atoms with Crippen molar-refractivity contribution in [2.75, 3.05) is 0 Å². The second-order valence-corrected chi connectivity index (χ2v) is 7.60. The fourth-order valence-electron chi connectivity index (χ4n) is 1.88. The highest BCUT2D eigenvalue weighted by Crippen LogP contribution is 2.20. The molecular weight excluding hydrogens is 220 g/mol. The maximum Gasteiger partial charge on any atom is 0.0647 e. The summed E-state index contributed by atoms with van der Waals surface area (Å²) in [4.78, 5) is 0. The molecule has 2 aromatic carbocycles. The van der Waals surface area contributed by atoms with Crippen molar-refractivity contribution in [1.82, 2.24) is 0 Å². The van der Waals surface area contributed by atoms with Gasteiger partial charge in [0.25, 0.3) is 0 Å². The predicted molar refractivity (Wildman–Crippen MR) is 79.5 cm³/mol. The van der Waals surface area contributed by atoms with Crippen LogP contribution < -0.4 is 5.19 Å². The fraction of sp³-hybridized carbons (Fsp3) is 0.125. The van der Waals surface area contributed by atoms with Gasteiger partial charge in [0.2, 0.25) is 0 Å². The molecule has 0 aliphatic heterocycles. The Bertz CT molecular complexity index is 495. The van der Waals surface area contributed by atoms with E-state index in [1.54, 1.807) is 0 Å². The smallest absolute Gasteiger partial charge is 0.0647 e. The summed E-state index contributed by atoms with van der Waals surface area (Å²) in [7, 11) is -0.684. The Morgan fingerprint density at radius 1 is 0.824 bits per heavy atom. The van der Waals surface area contributed by atoms with E-state index in [1.807, 2.05) is 6.07 Å². The Morgan fingerprint density at radius 3 is 1.88 bits per heavy atom. The summed E-state index contributed by atoms with van der Waals surface area (Å²) < 4.78 is 0. The average Bonchev–Trinajstić information content (AvgIpc) is 2.39. The minimum atomic E-state index is -0.684. The van der Waals surface area contributed by atoms with Gasteiger partial charge in [-0.05, 0) is 16.7 Å². The van der Waals surface area contributed by atoms with Gasteiger partial charge in [-0.1, -0.05) is 79.5 Å². The Labute approximate surface area is 105 Å². The first-order valence-electron chi connectivity index (χ1n) is 6.03. The summed E-state index contributed by atoms with van der Waals surface area (Å²) in [6.45, 7) is 8.88. The third-order valence-corrected chi connectivity index (χ3v) is 4.77. The van der Waals surface area contributed by atoms with Crippen molar-refractivity contribution in [2.24, 2.45) is 0 Å². The Hall–Kier alpha value is -1.60. The first-order chi connectivity index (χ1) is 8.18. The van der Waals surface area contributed by atoms with E-state index in [4.69, 9.17) is 0 Å². The van der Waals surface area contributed by atoms with Crippen LogP contribution >= 0.6 is 0 Å². The van der Waals surface area contributed by atoms with Gasteiger partial charge in [0.15, 0.2) is 0 Å². The first kappa shape index (κ1) is 11.9. The number of rotatable bonds is 3. The molecule has 0 spiro atoms. The van der Waals surface area contributed by atoms with E-state index in [2.05, 4.69) is 68.2 Å². The van der Waals surface area contributed by atoms with Crippen molar-refractivity contribution >= 4 is 19.6 Å². The average molecular weight is 238 g/mol. The van der Waals surface area contributed by atoms with Gasteiger partial charge in [0.1, 0.15) is 0 Å². The molecule has 0 atom stereocenters. The zero-order valence-corrected chi connectivity index (χ0v) is 11.6. The Balaban J connectivity index is 2.27. The maximum atomic E-state index is 4.18. The van der Waals surface area contributed by atoms with Crippen LogP contribution in [0.25, 0.3) is 5.57 Å². The second-order valence-electron chi connectivity index (χ2n) is 4.62. The number of benzene rings is 2. The minimum Gasteiger partial charge on any atom is -0.0906 e. The van der Waals surface area contributed by atoms with Crippen LogP contribution in [0.2, 0.25) is 13.1 Å². The van der Waals surface area contributed by atoms with Gasteiger partial charge in [-0.3, -0.25) is 0 Å². The molecule has 2 aromatic rings. The lowest BCUT2D eigenvalue weighted by molar-refractivity contribution is 1.57. The van der Waals surface area contributed by atoms with Gasteiger partial charge in [-0.2, -0.15) is 0 Å². The van der Waals surface area contributed by atoms with E-state index in [0.29, 0.717) is 0 Å². The van der Waals surface area contributed by atoms with Crippen LogP contribution in [0.3, 0.4) is 0 Å². The molecule has 0 amide bonds. The molecule has 0 radical (unpaired) electrons. The van der Waals surface area contributed by atoms with E-state index >= 15 is 0 Å². The lowest BCUT2D eigenvalue weighted by Crippen LogP contribution is -2.21. The summed E-state index contributed by atoms with van der Waals surface area (Å²) in [5, 5.41) is 1.51. The van der Waals surface area contributed by atoms with Gasteiger partial charge in [0, 0.05) is 0 Å². The van der Waals surface area contributed by atoms with Crippen LogP contribution in [-0.2, 0) is 0 Å². The standard InChI is InChI=1S/C16H18Si/c1-13(14-7-5-4-6-8-14)15-9-11-16(12-10-15)17(2)3/h4-12,17H,1H2,2-3H3. The van der Waals surface area contributed by atoms with Gasteiger partial charge in [0.05, 0.1) is 8.80 Å². The molecule has 0 bridgehead atoms. The summed E-state index contributed by atoms with van der Waals surface area (Å²) in [5.41, 5.74) is 3.51. The van der Waals surface area contributed by atoms with Gasteiger partial charge >= 0.3 is 0 Å². The van der Waals surface area contributed by atoms with Crippen LogP contribution in [0.1, 0.15) is 11.1 Å². The fourth-order valence-corrected chi connectivity index (χ4v) is 2.84. The second kappa shape index (κ2) is 5.15. The molecule has 0 N–H and O–H groups in total. The molecule has 0 nitrogen and oxygen atoms in total. The van der Waals surface area contributed by atoms with Crippen molar-refractivity contribution in [3.05, 3.63) is 72.3 Å². The van der Waals surface area contributed by atoms with E-state index in [0.717, 1.165) is 5.57 Å². The highest BCUT2D eigenvalue weighted by atomic mass is 28.3. The maximum absolute atomic E-state index is 4.18. The van der Waals surface area contributed by atoms with Gasteiger partial charge in [-0.15, -0.1) is 0 Å². The Morgan fingerprint density at radius 2 is 1.35 bits per heavy atom. The quantitative estimate of drug-likeness (QED) is 0.719. The predicted octanol–water partition coefficient (Wildman–Crippen LogP) is 3.44. The van der Waals surface area contributed by atoms with Gasteiger partial charge in [-0.25, -0.2) is 0 Å². The molecule has 17 heavy (non-hydrogen) atoms. The molecule has 0 fully saturated rings. The summed E-state index contributed by atoms with van der Waals surface area (Å²) in [6, 6.07) is 19.2.